The SMILES string of the molecule is COc1ccc(S(=O)(=O)N(C)c2ccc(Oc3ccc(NCc4cccc(Cl)c4Cl)c(C(=O)O)c3)cc2)cc1. The van der Waals surface area contributed by atoms with Crippen LogP contribution in [0.25, 0.3) is 0 Å². The van der Waals surface area contributed by atoms with Crippen molar-refractivity contribution in [1.82, 2.24) is 0 Å². The second-order valence-electron chi connectivity index (χ2n) is 8.32. The maximum Gasteiger partial charge on any atom is 0.337 e. The Bertz CT molecular complexity index is 1590. The van der Waals surface area contributed by atoms with E-state index in [0.717, 1.165) is 9.87 Å². The number of anilines is 2. The van der Waals surface area contributed by atoms with E-state index in [4.69, 9.17) is 32.7 Å². The van der Waals surface area contributed by atoms with Gasteiger partial charge in [-0.3, -0.25) is 4.31 Å². The van der Waals surface area contributed by atoms with Crippen molar-refractivity contribution in [2.45, 2.75) is 11.4 Å². The number of methoxy groups -OCH3 is 1. The number of halogens is 2. The predicted molar refractivity (Wildman–Crippen MR) is 152 cm³/mol. The number of benzene rings is 4. The smallest absolute Gasteiger partial charge is 0.337 e. The van der Waals surface area contributed by atoms with Gasteiger partial charge in [0.2, 0.25) is 0 Å². The molecule has 0 amide bonds. The van der Waals surface area contributed by atoms with Crippen molar-refractivity contribution in [1.29, 1.82) is 0 Å². The molecule has 2 N–H and O–H groups in total. The highest BCUT2D eigenvalue weighted by Gasteiger charge is 2.21. The normalized spacial score (nSPS) is 11.1. The van der Waals surface area contributed by atoms with Gasteiger partial charge >= 0.3 is 5.97 Å². The average molecular weight is 587 g/mol. The van der Waals surface area contributed by atoms with Crippen LogP contribution in [-0.4, -0.2) is 33.7 Å². The minimum atomic E-state index is -3.79. The Balaban J connectivity index is 1.48. The first kappa shape index (κ1) is 28.1. The van der Waals surface area contributed by atoms with Crippen LogP contribution in [0.5, 0.6) is 17.2 Å². The number of ether oxygens (including phenoxy) is 2. The van der Waals surface area contributed by atoms with E-state index in [0.29, 0.717) is 38.7 Å². The molecule has 0 saturated carbocycles. The van der Waals surface area contributed by atoms with Crippen LogP contribution < -0.4 is 19.1 Å². The molecule has 8 nitrogen and oxygen atoms in total. The van der Waals surface area contributed by atoms with Gasteiger partial charge in [-0.1, -0.05) is 35.3 Å². The molecule has 0 heterocycles. The van der Waals surface area contributed by atoms with E-state index >= 15 is 0 Å². The van der Waals surface area contributed by atoms with Crippen molar-refractivity contribution in [2.75, 3.05) is 23.8 Å². The summed E-state index contributed by atoms with van der Waals surface area (Å²) in [6.45, 7) is 0.272. The molecule has 11 heteroatoms. The van der Waals surface area contributed by atoms with Crippen molar-refractivity contribution in [3.05, 3.63) is 106 Å². The lowest BCUT2D eigenvalue weighted by Crippen LogP contribution is -2.26. The summed E-state index contributed by atoms with van der Waals surface area (Å²) in [5.74, 6) is 0.113. The number of aromatic carboxylic acids is 1. The molecule has 0 atom stereocenters. The van der Waals surface area contributed by atoms with Gasteiger partial charge in [0.1, 0.15) is 17.2 Å². The van der Waals surface area contributed by atoms with E-state index in [2.05, 4.69) is 5.32 Å². The topological polar surface area (TPSA) is 105 Å². The summed E-state index contributed by atoms with van der Waals surface area (Å²) in [6.07, 6.45) is 0. The maximum absolute atomic E-state index is 13.0. The molecule has 0 saturated heterocycles. The quantitative estimate of drug-likeness (QED) is 0.207. The van der Waals surface area contributed by atoms with E-state index in [1.54, 1.807) is 66.7 Å². The first-order chi connectivity index (χ1) is 18.6. The fourth-order valence-electron chi connectivity index (χ4n) is 3.70. The average Bonchev–Trinajstić information content (AvgIpc) is 2.94. The van der Waals surface area contributed by atoms with Crippen molar-refractivity contribution in [2.24, 2.45) is 0 Å². The molecule has 0 aliphatic carbocycles. The second kappa shape index (κ2) is 11.9. The number of nitrogens with zero attached hydrogens (tertiary/aromatic N) is 1. The highest BCUT2D eigenvalue weighted by molar-refractivity contribution is 7.92. The van der Waals surface area contributed by atoms with Crippen LogP contribution in [-0.2, 0) is 16.6 Å². The van der Waals surface area contributed by atoms with Gasteiger partial charge in [0, 0.05) is 19.3 Å². The van der Waals surface area contributed by atoms with Crippen LogP contribution in [0.1, 0.15) is 15.9 Å². The number of carboxylic acids is 1. The Kier molecular flexibility index (Phi) is 8.54. The third-order valence-electron chi connectivity index (χ3n) is 5.88. The maximum atomic E-state index is 13.0. The van der Waals surface area contributed by atoms with Gasteiger partial charge in [-0.05, 0) is 78.4 Å². The van der Waals surface area contributed by atoms with E-state index in [-0.39, 0.29) is 17.0 Å². The van der Waals surface area contributed by atoms with Gasteiger partial charge in [0.15, 0.2) is 0 Å². The van der Waals surface area contributed by atoms with Gasteiger partial charge in [0.05, 0.1) is 33.3 Å². The largest absolute Gasteiger partial charge is 0.497 e. The number of sulfonamides is 1. The molecule has 4 aromatic rings. The third-order valence-corrected chi connectivity index (χ3v) is 8.53. The summed E-state index contributed by atoms with van der Waals surface area (Å²) in [5.41, 5.74) is 1.53. The van der Waals surface area contributed by atoms with E-state index in [1.165, 1.54) is 32.4 Å². The molecule has 0 aliphatic rings. The van der Waals surface area contributed by atoms with E-state index in [1.807, 2.05) is 0 Å². The van der Waals surface area contributed by atoms with Crippen molar-refractivity contribution < 1.29 is 27.8 Å². The molecular weight excluding hydrogens is 563 g/mol. The summed E-state index contributed by atoms with van der Waals surface area (Å²) in [5, 5.41) is 13.6. The fraction of sp³-hybridized carbons (Fsp3) is 0.107. The Morgan fingerprint density at radius 1 is 0.923 bits per heavy atom. The standard InChI is InChI=1S/C28H24Cl2N2O6S/c1-32(39(35,36)23-13-10-20(37-2)11-14-23)19-6-8-21(9-7-19)38-22-12-15-26(24(16-22)28(33)34)31-17-18-4-3-5-25(29)27(18)30/h3-16,31H,17H2,1-2H3,(H,33,34). The zero-order chi connectivity index (χ0) is 28.2. The van der Waals surface area contributed by atoms with Crippen LogP contribution in [0.3, 0.4) is 0 Å². The number of carbonyl (C=O) groups is 1. The lowest BCUT2D eigenvalue weighted by atomic mass is 10.1. The number of carboxylic acid groups (broad SMARTS) is 1. The summed E-state index contributed by atoms with van der Waals surface area (Å²) < 4.78 is 38.1. The zero-order valence-corrected chi connectivity index (χ0v) is 23.2. The van der Waals surface area contributed by atoms with E-state index < -0.39 is 16.0 Å². The first-order valence-electron chi connectivity index (χ1n) is 11.5. The molecule has 39 heavy (non-hydrogen) atoms. The van der Waals surface area contributed by atoms with E-state index in [9.17, 15) is 18.3 Å². The van der Waals surface area contributed by atoms with Gasteiger partial charge in [0.25, 0.3) is 10.0 Å². The second-order valence-corrected chi connectivity index (χ2v) is 11.1. The monoisotopic (exact) mass is 586 g/mol. The van der Waals surface area contributed by atoms with Crippen molar-refractivity contribution in [3.63, 3.8) is 0 Å². The molecule has 0 aliphatic heterocycles. The van der Waals surface area contributed by atoms with Crippen LogP contribution >= 0.6 is 23.2 Å². The lowest BCUT2D eigenvalue weighted by Gasteiger charge is -2.20. The molecule has 0 radical (unpaired) electrons. The Labute approximate surface area is 236 Å². The third kappa shape index (κ3) is 6.39. The zero-order valence-electron chi connectivity index (χ0n) is 20.9. The molecule has 202 valence electrons. The highest BCUT2D eigenvalue weighted by atomic mass is 35.5. The summed E-state index contributed by atoms with van der Waals surface area (Å²) in [4.78, 5) is 12.0. The molecule has 0 spiro atoms. The highest BCUT2D eigenvalue weighted by Crippen LogP contribution is 2.31. The minimum Gasteiger partial charge on any atom is -0.497 e. The summed E-state index contributed by atoms with van der Waals surface area (Å²) in [7, 11) is -0.829. The van der Waals surface area contributed by atoms with Crippen LogP contribution in [0, 0.1) is 0 Å². The van der Waals surface area contributed by atoms with Gasteiger partial charge in [-0.2, -0.15) is 0 Å². The first-order valence-corrected chi connectivity index (χ1v) is 13.7. The molecular formula is C28H24Cl2N2O6S. The van der Waals surface area contributed by atoms with Crippen LogP contribution in [0.2, 0.25) is 10.0 Å². The molecule has 4 aromatic carbocycles. The van der Waals surface area contributed by atoms with Gasteiger partial charge in [-0.15, -0.1) is 0 Å². The minimum absolute atomic E-state index is 0.00703. The summed E-state index contributed by atoms with van der Waals surface area (Å²) in [6, 6.07) is 22.4. The molecule has 4 rings (SSSR count). The fourth-order valence-corrected chi connectivity index (χ4v) is 5.28. The lowest BCUT2D eigenvalue weighted by molar-refractivity contribution is 0.0697. The van der Waals surface area contributed by atoms with Crippen molar-refractivity contribution >= 4 is 50.6 Å². The predicted octanol–water partition coefficient (Wildman–Crippen LogP) is 6.93. The number of rotatable bonds is 10. The number of hydrogen-bond acceptors (Lipinski definition) is 6. The van der Waals surface area contributed by atoms with Crippen molar-refractivity contribution in [3.8, 4) is 17.2 Å². The molecule has 0 aromatic heterocycles. The number of hydrogen-bond donors (Lipinski definition) is 2. The molecule has 0 fully saturated rings. The summed E-state index contributed by atoms with van der Waals surface area (Å²) >= 11 is 12.3. The molecule has 0 bridgehead atoms. The number of nitrogens with one attached hydrogen (secondary N) is 1. The Morgan fingerprint density at radius 2 is 1.56 bits per heavy atom. The Hall–Kier alpha value is -3.92. The molecule has 0 unspecified atom stereocenters. The van der Waals surface area contributed by atoms with Crippen LogP contribution in [0.15, 0.2) is 89.8 Å². The Morgan fingerprint density at radius 3 is 2.21 bits per heavy atom. The van der Waals surface area contributed by atoms with Gasteiger partial charge in [-0.25, -0.2) is 13.2 Å². The van der Waals surface area contributed by atoms with Crippen LogP contribution in [0.4, 0.5) is 11.4 Å². The van der Waals surface area contributed by atoms with Gasteiger partial charge < -0.3 is 19.9 Å².